The van der Waals surface area contributed by atoms with Crippen molar-refractivity contribution in [3.8, 4) is 6.07 Å². The number of anilines is 1. The number of aromatic nitrogens is 1. The van der Waals surface area contributed by atoms with Crippen molar-refractivity contribution in [1.82, 2.24) is 4.98 Å². The molecule has 0 saturated heterocycles. The molecule has 0 unspecified atom stereocenters. The van der Waals surface area contributed by atoms with Crippen molar-refractivity contribution in [1.29, 1.82) is 5.26 Å². The van der Waals surface area contributed by atoms with Crippen LogP contribution in [-0.4, -0.2) is 17.9 Å². The van der Waals surface area contributed by atoms with Crippen LogP contribution in [0.4, 0.5) is 5.69 Å². The Bertz CT molecular complexity index is 342. The van der Waals surface area contributed by atoms with Gasteiger partial charge in [0.25, 0.3) is 0 Å². The van der Waals surface area contributed by atoms with Crippen LogP contribution in [0.5, 0.6) is 0 Å². The van der Waals surface area contributed by atoms with Crippen LogP contribution in [0.3, 0.4) is 0 Å². The van der Waals surface area contributed by atoms with Crippen LogP contribution < -0.4 is 4.90 Å². The third-order valence-corrected chi connectivity index (χ3v) is 1.86. The molecule has 0 aromatic carbocycles. The van der Waals surface area contributed by atoms with Crippen LogP contribution in [-0.2, 0) is 4.79 Å². The fourth-order valence-corrected chi connectivity index (χ4v) is 1.03. The number of hydrogen-bond donors (Lipinski definition) is 0. The monoisotopic (exact) mass is 189 g/mol. The minimum Gasteiger partial charge on any atom is -0.314 e. The summed E-state index contributed by atoms with van der Waals surface area (Å²) in [7, 11) is 1.68. The van der Waals surface area contributed by atoms with E-state index < -0.39 is 0 Å². The Balaban J connectivity index is 2.62. The minimum atomic E-state index is -0.0699. The summed E-state index contributed by atoms with van der Waals surface area (Å²) < 4.78 is 0. The van der Waals surface area contributed by atoms with E-state index in [0.29, 0.717) is 0 Å². The molecular formula is C10H11N3O. The summed E-state index contributed by atoms with van der Waals surface area (Å²) in [5, 5.41) is 8.33. The highest BCUT2D eigenvalue weighted by Crippen LogP contribution is 2.10. The zero-order valence-corrected chi connectivity index (χ0v) is 7.97. The van der Waals surface area contributed by atoms with Gasteiger partial charge in [-0.1, -0.05) is 0 Å². The molecule has 0 saturated carbocycles. The summed E-state index contributed by atoms with van der Waals surface area (Å²) in [5.41, 5.74) is 0.746. The standard InChI is InChI=1S/C10H11N3O/c1-13(10(14)5-2-6-11)9-4-3-7-12-8-9/h3-4,7-8H,2,5H2,1H3. The third kappa shape index (κ3) is 2.56. The topological polar surface area (TPSA) is 57.0 Å². The number of amides is 1. The number of nitrogens with zero attached hydrogens (tertiary/aromatic N) is 3. The zero-order chi connectivity index (χ0) is 10.4. The van der Waals surface area contributed by atoms with E-state index in [1.165, 1.54) is 4.90 Å². The number of carbonyl (C=O) groups excluding carboxylic acids is 1. The van der Waals surface area contributed by atoms with Gasteiger partial charge in [0.05, 0.1) is 18.0 Å². The van der Waals surface area contributed by atoms with E-state index in [4.69, 9.17) is 5.26 Å². The van der Waals surface area contributed by atoms with Gasteiger partial charge < -0.3 is 4.90 Å². The molecule has 1 amide bonds. The number of hydrogen-bond acceptors (Lipinski definition) is 3. The van der Waals surface area contributed by atoms with E-state index in [0.717, 1.165) is 5.69 Å². The molecule has 0 aliphatic carbocycles. The van der Waals surface area contributed by atoms with E-state index >= 15 is 0 Å². The van der Waals surface area contributed by atoms with Crippen LogP contribution in [0, 0.1) is 11.3 Å². The summed E-state index contributed by atoms with van der Waals surface area (Å²) in [5.74, 6) is -0.0699. The predicted octanol–water partition coefficient (Wildman–Crippen LogP) is 1.35. The summed E-state index contributed by atoms with van der Waals surface area (Å²) in [6.07, 6.45) is 3.77. The van der Waals surface area contributed by atoms with E-state index in [1.54, 1.807) is 31.6 Å². The normalized spacial score (nSPS) is 9.14. The van der Waals surface area contributed by atoms with Crippen LogP contribution in [0.1, 0.15) is 12.8 Å². The Morgan fingerprint density at radius 3 is 3.07 bits per heavy atom. The molecule has 1 heterocycles. The van der Waals surface area contributed by atoms with E-state index in [1.807, 2.05) is 6.07 Å². The first-order chi connectivity index (χ1) is 6.75. The van der Waals surface area contributed by atoms with Crippen LogP contribution >= 0.6 is 0 Å². The highest BCUT2D eigenvalue weighted by molar-refractivity contribution is 5.92. The van der Waals surface area contributed by atoms with Gasteiger partial charge in [-0.3, -0.25) is 9.78 Å². The Hall–Kier alpha value is -1.89. The van der Waals surface area contributed by atoms with Crippen molar-refractivity contribution in [2.45, 2.75) is 12.8 Å². The second-order valence-corrected chi connectivity index (χ2v) is 2.82. The lowest BCUT2D eigenvalue weighted by molar-refractivity contribution is -0.118. The van der Waals surface area contributed by atoms with Crippen molar-refractivity contribution in [2.75, 3.05) is 11.9 Å². The summed E-state index contributed by atoms with van der Waals surface area (Å²) in [4.78, 5) is 16.9. The molecule has 4 heteroatoms. The second-order valence-electron chi connectivity index (χ2n) is 2.82. The highest BCUT2D eigenvalue weighted by Gasteiger charge is 2.09. The van der Waals surface area contributed by atoms with Gasteiger partial charge in [0.1, 0.15) is 0 Å². The van der Waals surface area contributed by atoms with Gasteiger partial charge in [-0.05, 0) is 12.1 Å². The molecule has 0 aliphatic heterocycles. The van der Waals surface area contributed by atoms with Crippen molar-refractivity contribution < 1.29 is 4.79 Å². The van der Waals surface area contributed by atoms with Crippen LogP contribution in [0.25, 0.3) is 0 Å². The fourth-order valence-electron chi connectivity index (χ4n) is 1.03. The summed E-state index contributed by atoms with van der Waals surface area (Å²) in [6.45, 7) is 0. The molecule has 1 aromatic rings. The highest BCUT2D eigenvalue weighted by atomic mass is 16.2. The first-order valence-electron chi connectivity index (χ1n) is 4.29. The number of carbonyl (C=O) groups is 1. The molecule has 0 atom stereocenters. The zero-order valence-electron chi connectivity index (χ0n) is 7.97. The lowest BCUT2D eigenvalue weighted by Gasteiger charge is -2.15. The molecule has 0 aliphatic rings. The van der Waals surface area contributed by atoms with Crippen molar-refractivity contribution >= 4 is 11.6 Å². The molecule has 1 aromatic heterocycles. The van der Waals surface area contributed by atoms with E-state index in [9.17, 15) is 4.79 Å². The SMILES string of the molecule is CN(C(=O)CCC#N)c1cccnc1. The average molecular weight is 189 g/mol. The number of nitriles is 1. The van der Waals surface area contributed by atoms with Gasteiger partial charge in [-0.2, -0.15) is 5.26 Å². The molecule has 0 radical (unpaired) electrons. The molecular weight excluding hydrogens is 178 g/mol. The molecule has 1 rings (SSSR count). The van der Waals surface area contributed by atoms with Gasteiger partial charge in [0.2, 0.25) is 5.91 Å². The van der Waals surface area contributed by atoms with Crippen LogP contribution in [0.2, 0.25) is 0 Å². The largest absolute Gasteiger partial charge is 0.314 e. The van der Waals surface area contributed by atoms with Crippen molar-refractivity contribution in [3.63, 3.8) is 0 Å². The third-order valence-electron chi connectivity index (χ3n) is 1.86. The Kier molecular flexibility index (Phi) is 3.62. The van der Waals surface area contributed by atoms with Gasteiger partial charge >= 0.3 is 0 Å². The van der Waals surface area contributed by atoms with E-state index in [2.05, 4.69) is 4.98 Å². The second kappa shape index (κ2) is 4.97. The molecule has 14 heavy (non-hydrogen) atoms. The molecule has 0 N–H and O–H groups in total. The first-order valence-corrected chi connectivity index (χ1v) is 4.29. The Morgan fingerprint density at radius 1 is 1.71 bits per heavy atom. The lowest BCUT2D eigenvalue weighted by atomic mass is 10.3. The van der Waals surface area contributed by atoms with Gasteiger partial charge in [0, 0.05) is 26.1 Å². The first kappa shape index (κ1) is 10.2. The summed E-state index contributed by atoms with van der Waals surface area (Å²) >= 11 is 0. The quantitative estimate of drug-likeness (QED) is 0.721. The fraction of sp³-hybridized carbons (Fsp3) is 0.300. The summed E-state index contributed by atoms with van der Waals surface area (Å²) in [6, 6.07) is 5.51. The van der Waals surface area contributed by atoms with Gasteiger partial charge in [0.15, 0.2) is 0 Å². The number of rotatable bonds is 3. The lowest BCUT2D eigenvalue weighted by Crippen LogP contribution is -2.25. The molecule has 4 nitrogen and oxygen atoms in total. The average Bonchev–Trinajstić information content (AvgIpc) is 2.26. The van der Waals surface area contributed by atoms with Gasteiger partial charge in [-0.25, -0.2) is 0 Å². The predicted molar refractivity (Wildman–Crippen MR) is 52.5 cm³/mol. The minimum absolute atomic E-state index is 0.0699. The van der Waals surface area contributed by atoms with Crippen LogP contribution in [0.15, 0.2) is 24.5 Å². The Labute approximate surface area is 82.8 Å². The van der Waals surface area contributed by atoms with Gasteiger partial charge in [-0.15, -0.1) is 0 Å². The molecule has 0 fully saturated rings. The van der Waals surface area contributed by atoms with E-state index in [-0.39, 0.29) is 18.7 Å². The maximum atomic E-state index is 11.4. The maximum absolute atomic E-state index is 11.4. The maximum Gasteiger partial charge on any atom is 0.227 e. The van der Waals surface area contributed by atoms with Crippen molar-refractivity contribution in [3.05, 3.63) is 24.5 Å². The molecule has 72 valence electrons. The number of pyridine rings is 1. The Morgan fingerprint density at radius 2 is 2.50 bits per heavy atom. The smallest absolute Gasteiger partial charge is 0.227 e. The molecule has 0 spiro atoms. The molecule has 0 bridgehead atoms. The van der Waals surface area contributed by atoms with Crippen molar-refractivity contribution in [2.24, 2.45) is 0 Å².